The van der Waals surface area contributed by atoms with Gasteiger partial charge in [0.25, 0.3) is 0 Å². The molecule has 2 aromatic heterocycles. The van der Waals surface area contributed by atoms with Gasteiger partial charge in [-0.3, -0.25) is 9.88 Å². The monoisotopic (exact) mass is 294 g/mol. The van der Waals surface area contributed by atoms with Crippen LogP contribution in [0.4, 0.5) is 0 Å². The van der Waals surface area contributed by atoms with E-state index in [0.29, 0.717) is 31.3 Å². The number of aromatic nitrogens is 3. The molecule has 0 saturated carbocycles. The van der Waals surface area contributed by atoms with Crippen LogP contribution >= 0.6 is 0 Å². The predicted molar refractivity (Wildman–Crippen MR) is 71.5 cm³/mol. The Balaban J connectivity index is 1.66. The minimum atomic E-state index is -2.86. The van der Waals surface area contributed by atoms with Gasteiger partial charge in [0.2, 0.25) is 11.7 Å². The maximum atomic E-state index is 11.4. The van der Waals surface area contributed by atoms with E-state index in [2.05, 4.69) is 15.1 Å². The van der Waals surface area contributed by atoms with Crippen LogP contribution in [0.3, 0.4) is 0 Å². The summed E-state index contributed by atoms with van der Waals surface area (Å²) >= 11 is 0. The van der Waals surface area contributed by atoms with Gasteiger partial charge in [0.05, 0.1) is 18.1 Å². The lowest BCUT2D eigenvalue weighted by atomic mass is 10.2. The maximum Gasteiger partial charge on any atom is 0.241 e. The highest BCUT2D eigenvalue weighted by molar-refractivity contribution is 7.91. The Morgan fingerprint density at radius 1 is 1.20 bits per heavy atom. The zero-order valence-electron chi connectivity index (χ0n) is 10.8. The molecule has 7 nitrogen and oxygen atoms in total. The van der Waals surface area contributed by atoms with Crippen LogP contribution < -0.4 is 0 Å². The second kappa shape index (κ2) is 5.29. The highest BCUT2D eigenvalue weighted by Crippen LogP contribution is 2.15. The molecule has 0 spiro atoms. The number of sulfone groups is 1. The van der Waals surface area contributed by atoms with Gasteiger partial charge < -0.3 is 4.52 Å². The molecule has 1 aliphatic heterocycles. The second-order valence-electron chi connectivity index (χ2n) is 4.68. The summed E-state index contributed by atoms with van der Waals surface area (Å²) in [4.78, 5) is 10.3. The van der Waals surface area contributed by atoms with Crippen LogP contribution in [-0.2, 0) is 16.4 Å². The number of pyridine rings is 1. The average Bonchev–Trinajstić information content (AvgIpc) is 2.91. The molecular formula is C12H14N4O3S. The summed E-state index contributed by atoms with van der Waals surface area (Å²) in [7, 11) is -2.86. The largest absolute Gasteiger partial charge is 0.338 e. The molecule has 2 aromatic rings. The van der Waals surface area contributed by atoms with E-state index >= 15 is 0 Å². The molecule has 0 N–H and O–H groups in total. The molecule has 1 fully saturated rings. The molecular weight excluding hydrogens is 280 g/mol. The first-order valence-electron chi connectivity index (χ1n) is 6.28. The van der Waals surface area contributed by atoms with Crippen LogP contribution in [0.15, 0.2) is 29.0 Å². The van der Waals surface area contributed by atoms with Crippen LogP contribution in [0.1, 0.15) is 5.89 Å². The number of rotatable bonds is 3. The van der Waals surface area contributed by atoms with Crippen molar-refractivity contribution in [2.24, 2.45) is 0 Å². The van der Waals surface area contributed by atoms with Gasteiger partial charge in [-0.1, -0.05) is 5.16 Å². The van der Waals surface area contributed by atoms with Crippen molar-refractivity contribution in [2.45, 2.75) is 6.54 Å². The minimum absolute atomic E-state index is 0.193. The molecule has 8 heteroatoms. The Morgan fingerprint density at radius 3 is 2.60 bits per heavy atom. The van der Waals surface area contributed by atoms with Gasteiger partial charge >= 0.3 is 0 Å². The average molecular weight is 294 g/mol. The SMILES string of the molecule is O=S1(=O)CCN(Cc2nc(-c3ccncc3)no2)CC1. The molecule has 0 bridgehead atoms. The Labute approximate surface area is 116 Å². The molecule has 1 saturated heterocycles. The Bertz CT molecular complexity index is 670. The standard InChI is InChI=1S/C12H14N4O3S/c17-20(18)7-5-16(6-8-20)9-11-14-12(15-19-11)10-1-3-13-4-2-10/h1-4H,5-9H2. The van der Waals surface area contributed by atoms with Crippen molar-refractivity contribution in [3.63, 3.8) is 0 Å². The van der Waals surface area contributed by atoms with E-state index in [1.165, 1.54) is 0 Å². The fourth-order valence-electron chi connectivity index (χ4n) is 2.04. The first kappa shape index (κ1) is 13.2. The highest BCUT2D eigenvalue weighted by atomic mass is 32.2. The fraction of sp³-hybridized carbons (Fsp3) is 0.417. The summed E-state index contributed by atoms with van der Waals surface area (Å²) in [6, 6.07) is 3.62. The number of hydrogen-bond acceptors (Lipinski definition) is 7. The summed E-state index contributed by atoms with van der Waals surface area (Å²) in [6.45, 7) is 1.50. The van der Waals surface area contributed by atoms with Crippen molar-refractivity contribution < 1.29 is 12.9 Å². The quantitative estimate of drug-likeness (QED) is 0.807. The van der Waals surface area contributed by atoms with Crippen LogP contribution in [0, 0.1) is 0 Å². The normalized spacial score (nSPS) is 19.0. The van der Waals surface area contributed by atoms with E-state index in [4.69, 9.17) is 4.52 Å². The minimum Gasteiger partial charge on any atom is -0.338 e. The van der Waals surface area contributed by atoms with Gasteiger partial charge in [0.15, 0.2) is 9.84 Å². The van der Waals surface area contributed by atoms with E-state index in [0.717, 1.165) is 5.56 Å². The molecule has 0 radical (unpaired) electrons. The maximum absolute atomic E-state index is 11.4. The molecule has 3 rings (SSSR count). The first-order chi connectivity index (χ1) is 9.62. The van der Waals surface area contributed by atoms with Crippen molar-refractivity contribution in [3.05, 3.63) is 30.4 Å². The van der Waals surface area contributed by atoms with Gasteiger partial charge in [-0.25, -0.2) is 8.42 Å². The molecule has 0 unspecified atom stereocenters. The molecule has 0 aromatic carbocycles. The van der Waals surface area contributed by atoms with E-state index in [1.807, 2.05) is 17.0 Å². The molecule has 0 atom stereocenters. The molecule has 3 heterocycles. The zero-order chi connectivity index (χ0) is 14.0. The third-order valence-electron chi connectivity index (χ3n) is 3.20. The molecule has 106 valence electrons. The third kappa shape index (κ3) is 3.02. The summed E-state index contributed by atoms with van der Waals surface area (Å²) in [5, 5.41) is 3.92. The van der Waals surface area contributed by atoms with Crippen LogP contribution in [0.5, 0.6) is 0 Å². The zero-order valence-corrected chi connectivity index (χ0v) is 11.6. The Kier molecular flexibility index (Phi) is 3.49. The van der Waals surface area contributed by atoms with E-state index in [1.54, 1.807) is 12.4 Å². The van der Waals surface area contributed by atoms with Crippen molar-refractivity contribution in [1.82, 2.24) is 20.0 Å². The van der Waals surface area contributed by atoms with E-state index < -0.39 is 9.84 Å². The fourth-order valence-corrected chi connectivity index (χ4v) is 3.31. The topological polar surface area (TPSA) is 89.2 Å². The summed E-state index contributed by atoms with van der Waals surface area (Å²) in [5.74, 6) is 1.40. The van der Waals surface area contributed by atoms with Crippen molar-refractivity contribution in [3.8, 4) is 11.4 Å². The molecule has 0 amide bonds. The highest BCUT2D eigenvalue weighted by Gasteiger charge is 2.23. The van der Waals surface area contributed by atoms with E-state index in [-0.39, 0.29) is 11.5 Å². The van der Waals surface area contributed by atoms with Crippen LogP contribution in [-0.4, -0.2) is 53.0 Å². The van der Waals surface area contributed by atoms with Gasteiger partial charge in [-0.15, -0.1) is 0 Å². The first-order valence-corrected chi connectivity index (χ1v) is 8.10. The summed E-state index contributed by atoms with van der Waals surface area (Å²) in [6.07, 6.45) is 3.34. The smallest absolute Gasteiger partial charge is 0.241 e. The van der Waals surface area contributed by atoms with Gasteiger partial charge in [0.1, 0.15) is 0 Å². The van der Waals surface area contributed by atoms with Crippen molar-refractivity contribution >= 4 is 9.84 Å². The summed E-state index contributed by atoms with van der Waals surface area (Å²) in [5.41, 5.74) is 0.844. The summed E-state index contributed by atoms with van der Waals surface area (Å²) < 4.78 is 27.9. The molecule has 0 aliphatic carbocycles. The number of hydrogen-bond donors (Lipinski definition) is 0. The van der Waals surface area contributed by atoms with E-state index in [9.17, 15) is 8.42 Å². The Morgan fingerprint density at radius 2 is 1.90 bits per heavy atom. The van der Waals surface area contributed by atoms with Crippen molar-refractivity contribution in [2.75, 3.05) is 24.6 Å². The lowest BCUT2D eigenvalue weighted by Gasteiger charge is -2.24. The van der Waals surface area contributed by atoms with Gasteiger partial charge in [0, 0.05) is 31.0 Å². The molecule has 1 aliphatic rings. The lowest BCUT2D eigenvalue weighted by molar-refractivity contribution is 0.241. The van der Waals surface area contributed by atoms with Gasteiger partial charge in [-0.2, -0.15) is 4.98 Å². The van der Waals surface area contributed by atoms with Crippen LogP contribution in [0.2, 0.25) is 0 Å². The third-order valence-corrected chi connectivity index (χ3v) is 4.81. The second-order valence-corrected chi connectivity index (χ2v) is 6.98. The number of nitrogens with zero attached hydrogens (tertiary/aromatic N) is 4. The van der Waals surface area contributed by atoms with Crippen molar-refractivity contribution in [1.29, 1.82) is 0 Å². The lowest BCUT2D eigenvalue weighted by Crippen LogP contribution is -2.39. The van der Waals surface area contributed by atoms with Crippen LogP contribution in [0.25, 0.3) is 11.4 Å². The molecule has 20 heavy (non-hydrogen) atoms. The van der Waals surface area contributed by atoms with Gasteiger partial charge in [-0.05, 0) is 12.1 Å². The Hall–Kier alpha value is -1.80. The predicted octanol–water partition coefficient (Wildman–Crippen LogP) is 0.362.